The van der Waals surface area contributed by atoms with Crippen LogP contribution >= 0.6 is 0 Å². The second-order valence-electron chi connectivity index (χ2n) is 7.48. The van der Waals surface area contributed by atoms with Gasteiger partial charge in [-0.25, -0.2) is 4.98 Å². The Kier molecular flexibility index (Phi) is 4.48. The molecule has 0 saturated carbocycles. The van der Waals surface area contributed by atoms with E-state index in [1.54, 1.807) is 0 Å². The van der Waals surface area contributed by atoms with E-state index in [9.17, 15) is 4.79 Å². The van der Waals surface area contributed by atoms with E-state index in [4.69, 9.17) is 9.15 Å². The van der Waals surface area contributed by atoms with E-state index in [0.29, 0.717) is 24.0 Å². The molecule has 3 heterocycles. The molecule has 134 valence electrons. The first-order chi connectivity index (χ1) is 12.1. The highest BCUT2D eigenvalue weighted by molar-refractivity contribution is 5.79. The van der Waals surface area contributed by atoms with Gasteiger partial charge in [0, 0.05) is 25.2 Å². The van der Waals surface area contributed by atoms with Gasteiger partial charge in [-0.15, -0.1) is 0 Å². The lowest BCUT2D eigenvalue weighted by atomic mass is 10.0. The number of ether oxygens (including phenoxy) is 1. The average molecular weight is 343 g/mol. The van der Waals surface area contributed by atoms with Crippen molar-refractivity contribution in [3.63, 3.8) is 0 Å². The molecule has 2 fully saturated rings. The van der Waals surface area contributed by atoms with Gasteiger partial charge < -0.3 is 14.5 Å². The number of aromatic nitrogens is 1. The Morgan fingerprint density at radius 2 is 2.20 bits per heavy atom. The number of oxazole rings is 1. The van der Waals surface area contributed by atoms with E-state index in [2.05, 4.69) is 29.0 Å². The Morgan fingerprint density at radius 1 is 1.36 bits per heavy atom. The maximum atomic E-state index is 12.4. The molecule has 0 aliphatic carbocycles. The molecule has 2 aliphatic heterocycles. The molecule has 2 aliphatic rings. The van der Waals surface area contributed by atoms with Crippen LogP contribution < -0.4 is 5.32 Å². The third-order valence-corrected chi connectivity index (χ3v) is 5.20. The van der Waals surface area contributed by atoms with Gasteiger partial charge >= 0.3 is 0 Å². The molecule has 0 spiro atoms. The van der Waals surface area contributed by atoms with Crippen molar-refractivity contribution < 1.29 is 13.9 Å². The predicted molar refractivity (Wildman–Crippen MR) is 94.2 cm³/mol. The monoisotopic (exact) mass is 343 g/mol. The maximum Gasteiger partial charge on any atom is 0.229 e. The zero-order valence-corrected chi connectivity index (χ0v) is 14.8. The van der Waals surface area contributed by atoms with Crippen molar-refractivity contribution in [3.8, 4) is 0 Å². The first-order valence-electron chi connectivity index (χ1n) is 9.08. The number of carbonyl (C=O) groups excluding carboxylic acids is 1. The summed E-state index contributed by atoms with van der Waals surface area (Å²) in [5.41, 5.74) is 1.51. The molecule has 6 heteroatoms. The number of benzene rings is 1. The van der Waals surface area contributed by atoms with Gasteiger partial charge in [0.05, 0.1) is 12.7 Å². The molecule has 25 heavy (non-hydrogen) atoms. The number of nitrogens with zero attached hydrogens (tertiary/aromatic N) is 2. The van der Waals surface area contributed by atoms with Gasteiger partial charge in [0.1, 0.15) is 11.9 Å². The molecule has 1 amide bonds. The Morgan fingerprint density at radius 3 is 3.00 bits per heavy atom. The van der Waals surface area contributed by atoms with Crippen molar-refractivity contribution in [1.82, 2.24) is 15.2 Å². The summed E-state index contributed by atoms with van der Waals surface area (Å²) in [6.07, 6.45) is 1.43. The Bertz CT molecular complexity index is 724. The van der Waals surface area contributed by atoms with Crippen LogP contribution in [0.3, 0.4) is 0 Å². The lowest BCUT2D eigenvalue weighted by molar-refractivity contribution is -0.121. The normalized spacial score (nSPS) is 26.9. The van der Waals surface area contributed by atoms with Crippen LogP contribution in [0.15, 0.2) is 28.7 Å². The molecule has 1 aromatic heterocycles. The fourth-order valence-electron chi connectivity index (χ4n) is 3.82. The van der Waals surface area contributed by atoms with Crippen molar-refractivity contribution in [1.29, 1.82) is 0 Å². The standard InChI is InChI=1S/C19H25N3O3/c1-12(2)17-10-22-9-13(7-14(22)11-24-17)20-18(23)8-19-21-15-5-3-4-6-16(15)25-19/h3-6,12-14,17H,7-11H2,1-2H3,(H,20,23)/t13-,14+,17-/m1/s1. The Labute approximate surface area is 147 Å². The minimum absolute atomic E-state index is 0.0299. The van der Waals surface area contributed by atoms with Gasteiger partial charge in [-0.3, -0.25) is 9.69 Å². The van der Waals surface area contributed by atoms with Crippen LogP contribution in [0.2, 0.25) is 0 Å². The summed E-state index contributed by atoms with van der Waals surface area (Å²) in [4.78, 5) is 19.2. The van der Waals surface area contributed by atoms with Crippen LogP contribution in [0.25, 0.3) is 11.1 Å². The number of nitrogens with one attached hydrogen (secondary N) is 1. The zero-order chi connectivity index (χ0) is 17.4. The van der Waals surface area contributed by atoms with Gasteiger partial charge in [0.2, 0.25) is 11.8 Å². The Balaban J connectivity index is 1.32. The first kappa shape index (κ1) is 16.5. The van der Waals surface area contributed by atoms with Crippen LogP contribution in [0.4, 0.5) is 0 Å². The van der Waals surface area contributed by atoms with Gasteiger partial charge in [-0.2, -0.15) is 0 Å². The third-order valence-electron chi connectivity index (χ3n) is 5.20. The summed E-state index contributed by atoms with van der Waals surface area (Å²) in [6.45, 7) is 7.01. The summed E-state index contributed by atoms with van der Waals surface area (Å²) in [7, 11) is 0. The topological polar surface area (TPSA) is 67.6 Å². The molecule has 6 nitrogen and oxygen atoms in total. The smallest absolute Gasteiger partial charge is 0.229 e. The van der Waals surface area contributed by atoms with Gasteiger partial charge in [0.25, 0.3) is 0 Å². The van der Waals surface area contributed by atoms with E-state index < -0.39 is 0 Å². The summed E-state index contributed by atoms with van der Waals surface area (Å²) in [6, 6.07) is 8.17. The van der Waals surface area contributed by atoms with Gasteiger partial charge in [-0.1, -0.05) is 26.0 Å². The number of morpholine rings is 1. The number of fused-ring (bicyclic) bond motifs is 2. The molecule has 0 bridgehead atoms. The zero-order valence-electron chi connectivity index (χ0n) is 14.8. The lowest BCUT2D eigenvalue weighted by Gasteiger charge is -2.36. The van der Waals surface area contributed by atoms with Crippen LogP contribution in [0.1, 0.15) is 26.2 Å². The lowest BCUT2D eigenvalue weighted by Crippen LogP contribution is -2.48. The van der Waals surface area contributed by atoms with Crippen molar-refractivity contribution >= 4 is 17.0 Å². The summed E-state index contributed by atoms with van der Waals surface area (Å²) >= 11 is 0. The van der Waals surface area contributed by atoms with E-state index >= 15 is 0 Å². The highest BCUT2D eigenvalue weighted by Crippen LogP contribution is 2.26. The van der Waals surface area contributed by atoms with E-state index in [1.165, 1.54) is 0 Å². The van der Waals surface area contributed by atoms with Crippen molar-refractivity contribution in [2.75, 3.05) is 19.7 Å². The number of amides is 1. The maximum absolute atomic E-state index is 12.4. The highest BCUT2D eigenvalue weighted by Gasteiger charge is 2.38. The molecular formula is C19H25N3O3. The van der Waals surface area contributed by atoms with Gasteiger partial charge in [-0.05, 0) is 24.5 Å². The van der Waals surface area contributed by atoms with E-state index in [0.717, 1.165) is 37.2 Å². The number of hydrogen-bond donors (Lipinski definition) is 1. The summed E-state index contributed by atoms with van der Waals surface area (Å²) in [5, 5.41) is 3.14. The van der Waals surface area contributed by atoms with Crippen LogP contribution in [-0.2, 0) is 16.0 Å². The fraction of sp³-hybridized carbons (Fsp3) is 0.579. The minimum Gasteiger partial charge on any atom is -0.440 e. The quantitative estimate of drug-likeness (QED) is 0.919. The highest BCUT2D eigenvalue weighted by atomic mass is 16.5. The summed E-state index contributed by atoms with van der Waals surface area (Å²) in [5.74, 6) is 0.962. The average Bonchev–Trinajstić information content (AvgIpc) is 3.15. The largest absolute Gasteiger partial charge is 0.440 e. The molecular weight excluding hydrogens is 318 g/mol. The molecule has 1 N–H and O–H groups in total. The second kappa shape index (κ2) is 6.77. The molecule has 0 radical (unpaired) electrons. The minimum atomic E-state index is -0.0299. The van der Waals surface area contributed by atoms with Crippen LogP contribution in [0, 0.1) is 5.92 Å². The number of carbonyl (C=O) groups is 1. The molecule has 1 aromatic carbocycles. The number of para-hydroxylation sites is 2. The second-order valence-corrected chi connectivity index (χ2v) is 7.48. The third kappa shape index (κ3) is 3.55. The number of rotatable bonds is 4. The SMILES string of the molecule is CC(C)[C@H]1CN2C[C@H](NC(=O)Cc3nc4ccccc4o3)C[C@H]2CO1. The molecule has 4 rings (SSSR count). The van der Waals surface area contributed by atoms with Crippen LogP contribution in [0.5, 0.6) is 0 Å². The molecule has 2 saturated heterocycles. The predicted octanol–water partition coefficient (Wildman–Crippen LogP) is 1.98. The van der Waals surface area contributed by atoms with Crippen molar-refractivity contribution in [3.05, 3.63) is 30.2 Å². The first-order valence-corrected chi connectivity index (χ1v) is 9.08. The van der Waals surface area contributed by atoms with E-state index in [-0.39, 0.29) is 18.4 Å². The van der Waals surface area contributed by atoms with Crippen molar-refractivity contribution in [2.45, 2.75) is 44.9 Å². The Hall–Kier alpha value is -1.92. The van der Waals surface area contributed by atoms with Gasteiger partial charge in [0.15, 0.2) is 5.58 Å². The summed E-state index contributed by atoms with van der Waals surface area (Å²) < 4.78 is 11.6. The molecule has 0 unspecified atom stereocenters. The van der Waals surface area contributed by atoms with Crippen molar-refractivity contribution in [2.24, 2.45) is 5.92 Å². The molecule has 2 aromatic rings. The van der Waals surface area contributed by atoms with Crippen LogP contribution in [-0.4, -0.2) is 53.7 Å². The fourth-order valence-corrected chi connectivity index (χ4v) is 3.82. The number of hydrogen-bond acceptors (Lipinski definition) is 5. The molecule has 3 atom stereocenters. The van der Waals surface area contributed by atoms with E-state index in [1.807, 2.05) is 24.3 Å².